The van der Waals surface area contributed by atoms with E-state index in [1.54, 1.807) is 4.90 Å². The SMILES string of the molecule is Cc1cncc2c1CN([C@H]1CCC[C@@H]1Oc1ccc3c(c1)CN(C1CCC(=O)NC1=O)C3=O)C2. The summed E-state index contributed by atoms with van der Waals surface area (Å²) in [5.41, 5.74) is 5.44. The quantitative estimate of drug-likeness (QED) is 0.705. The number of hydrogen-bond acceptors (Lipinski definition) is 6. The molecule has 3 atom stereocenters. The van der Waals surface area contributed by atoms with Gasteiger partial charge in [0, 0.05) is 50.1 Å². The van der Waals surface area contributed by atoms with Gasteiger partial charge in [-0.2, -0.15) is 0 Å². The molecule has 2 fully saturated rings. The van der Waals surface area contributed by atoms with E-state index in [4.69, 9.17) is 4.74 Å². The number of aromatic nitrogens is 1. The van der Waals surface area contributed by atoms with E-state index < -0.39 is 6.04 Å². The molecule has 2 aromatic rings. The minimum atomic E-state index is -0.601. The van der Waals surface area contributed by atoms with Crippen molar-refractivity contribution in [1.82, 2.24) is 20.1 Å². The topological polar surface area (TPSA) is 91.8 Å². The first kappa shape index (κ1) is 21.3. The van der Waals surface area contributed by atoms with Gasteiger partial charge in [-0.15, -0.1) is 0 Å². The number of carbonyl (C=O) groups excluding carboxylic acids is 3. The lowest BCUT2D eigenvalue weighted by atomic mass is 10.0. The van der Waals surface area contributed by atoms with Crippen LogP contribution in [-0.2, 0) is 29.2 Å². The van der Waals surface area contributed by atoms with E-state index in [0.29, 0.717) is 24.6 Å². The molecule has 3 aliphatic heterocycles. The summed E-state index contributed by atoms with van der Waals surface area (Å²) in [6, 6.07) is 5.37. The van der Waals surface area contributed by atoms with Crippen molar-refractivity contribution < 1.29 is 19.1 Å². The minimum absolute atomic E-state index is 0.101. The zero-order valence-electron chi connectivity index (χ0n) is 19.3. The molecule has 4 aliphatic rings. The van der Waals surface area contributed by atoms with E-state index in [1.165, 1.54) is 16.7 Å². The molecule has 0 bridgehead atoms. The van der Waals surface area contributed by atoms with Gasteiger partial charge in [-0.1, -0.05) is 0 Å². The van der Waals surface area contributed by atoms with Crippen molar-refractivity contribution in [1.29, 1.82) is 0 Å². The maximum absolute atomic E-state index is 12.9. The average molecular weight is 461 g/mol. The van der Waals surface area contributed by atoms with Crippen LogP contribution in [0.3, 0.4) is 0 Å². The van der Waals surface area contributed by atoms with Gasteiger partial charge in [-0.3, -0.25) is 29.6 Å². The van der Waals surface area contributed by atoms with Crippen molar-refractivity contribution >= 4 is 17.7 Å². The molecule has 1 unspecified atom stereocenters. The molecule has 8 nitrogen and oxygen atoms in total. The van der Waals surface area contributed by atoms with Crippen LogP contribution in [0.2, 0.25) is 0 Å². The van der Waals surface area contributed by atoms with E-state index in [-0.39, 0.29) is 30.2 Å². The summed E-state index contributed by atoms with van der Waals surface area (Å²) in [4.78, 5) is 45.2. The first-order chi connectivity index (χ1) is 16.5. The highest BCUT2D eigenvalue weighted by atomic mass is 16.5. The third kappa shape index (κ3) is 3.57. The highest BCUT2D eigenvalue weighted by Gasteiger charge is 2.40. The van der Waals surface area contributed by atoms with Crippen LogP contribution in [-0.4, -0.2) is 50.7 Å². The summed E-state index contributed by atoms with van der Waals surface area (Å²) in [5.74, 6) is -0.0591. The number of imide groups is 1. The number of hydrogen-bond donors (Lipinski definition) is 1. The molecular formula is C26H28N4O4. The van der Waals surface area contributed by atoms with Crippen molar-refractivity contribution in [2.24, 2.45) is 0 Å². The third-order valence-electron chi connectivity index (χ3n) is 7.77. The Balaban J connectivity index is 1.16. The van der Waals surface area contributed by atoms with Crippen molar-refractivity contribution in [3.63, 3.8) is 0 Å². The number of ether oxygens (including phenoxy) is 1. The lowest BCUT2D eigenvalue weighted by Gasteiger charge is -2.29. The number of rotatable bonds is 4. The number of piperidine rings is 1. The number of nitrogens with one attached hydrogen (secondary N) is 1. The molecule has 1 aromatic carbocycles. The molecular weight excluding hydrogens is 432 g/mol. The summed E-state index contributed by atoms with van der Waals surface area (Å²) < 4.78 is 6.49. The number of amides is 3. The Morgan fingerprint density at radius 3 is 2.74 bits per heavy atom. The van der Waals surface area contributed by atoms with Crippen LogP contribution in [0.15, 0.2) is 30.6 Å². The van der Waals surface area contributed by atoms with Crippen molar-refractivity contribution in [2.75, 3.05) is 0 Å². The van der Waals surface area contributed by atoms with E-state index >= 15 is 0 Å². The standard InChI is InChI=1S/C26H28N4O4/c1-15-10-27-11-17-12-29(14-20(15)17)21-3-2-4-23(21)34-18-5-6-19-16(9-18)13-30(26(19)33)22-7-8-24(31)28-25(22)32/h5-6,9-11,21-23H,2-4,7-8,12-14H2,1H3,(H,28,31,32)/t21-,22?,23-/m0/s1. The first-order valence-corrected chi connectivity index (χ1v) is 12.1. The number of nitrogens with zero attached hydrogens (tertiary/aromatic N) is 3. The smallest absolute Gasteiger partial charge is 0.255 e. The van der Waals surface area contributed by atoms with E-state index in [1.807, 2.05) is 30.6 Å². The van der Waals surface area contributed by atoms with Gasteiger partial charge in [0.2, 0.25) is 11.8 Å². The van der Waals surface area contributed by atoms with Crippen LogP contribution in [0.5, 0.6) is 5.75 Å². The predicted octanol–water partition coefficient (Wildman–Crippen LogP) is 2.47. The zero-order valence-corrected chi connectivity index (χ0v) is 19.3. The molecule has 1 N–H and O–H groups in total. The van der Waals surface area contributed by atoms with E-state index in [9.17, 15) is 14.4 Å². The fourth-order valence-electron chi connectivity index (χ4n) is 5.98. The molecule has 1 aromatic heterocycles. The third-order valence-corrected chi connectivity index (χ3v) is 7.77. The monoisotopic (exact) mass is 460 g/mol. The Hall–Kier alpha value is -3.26. The average Bonchev–Trinajstić information content (AvgIpc) is 3.52. The Kier molecular flexibility index (Phi) is 5.13. The van der Waals surface area contributed by atoms with Crippen LogP contribution < -0.4 is 10.1 Å². The highest BCUT2D eigenvalue weighted by molar-refractivity contribution is 6.05. The molecule has 4 heterocycles. The fraction of sp³-hybridized carbons (Fsp3) is 0.462. The molecule has 1 saturated heterocycles. The Morgan fingerprint density at radius 2 is 1.91 bits per heavy atom. The van der Waals surface area contributed by atoms with Crippen molar-refractivity contribution in [3.8, 4) is 5.75 Å². The number of benzene rings is 1. The number of carbonyl (C=O) groups is 3. The van der Waals surface area contributed by atoms with Gasteiger partial charge in [0.25, 0.3) is 5.91 Å². The van der Waals surface area contributed by atoms with Crippen molar-refractivity contribution in [2.45, 2.75) is 76.8 Å². The molecule has 1 saturated carbocycles. The van der Waals surface area contributed by atoms with Crippen LogP contribution in [0.25, 0.3) is 0 Å². The van der Waals surface area contributed by atoms with Gasteiger partial charge in [-0.25, -0.2) is 0 Å². The lowest BCUT2D eigenvalue weighted by molar-refractivity contribution is -0.136. The summed E-state index contributed by atoms with van der Waals surface area (Å²) in [5, 5.41) is 2.35. The number of pyridine rings is 1. The summed E-state index contributed by atoms with van der Waals surface area (Å²) >= 11 is 0. The number of aryl methyl sites for hydroxylation is 1. The summed E-state index contributed by atoms with van der Waals surface area (Å²) in [7, 11) is 0. The summed E-state index contributed by atoms with van der Waals surface area (Å²) in [6.07, 6.45) is 7.89. The fourth-order valence-corrected chi connectivity index (χ4v) is 5.98. The summed E-state index contributed by atoms with van der Waals surface area (Å²) in [6.45, 7) is 4.34. The highest BCUT2D eigenvalue weighted by Crippen LogP contribution is 2.36. The molecule has 8 heteroatoms. The Bertz CT molecular complexity index is 1200. The van der Waals surface area contributed by atoms with Crippen molar-refractivity contribution in [3.05, 3.63) is 58.4 Å². The normalized spacial score (nSPS) is 26.6. The predicted molar refractivity (Wildman–Crippen MR) is 123 cm³/mol. The molecule has 1 aliphatic carbocycles. The maximum atomic E-state index is 12.9. The van der Waals surface area contributed by atoms with Crippen LogP contribution in [0, 0.1) is 6.92 Å². The molecule has 0 radical (unpaired) electrons. The van der Waals surface area contributed by atoms with Gasteiger partial charge in [0.05, 0.1) is 0 Å². The van der Waals surface area contributed by atoms with Gasteiger partial charge >= 0.3 is 0 Å². The second-order valence-electron chi connectivity index (χ2n) is 9.87. The van der Waals surface area contributed by atoms with Crippen LogP contribution >= 0.6 is 0 Å². The maximum Gasteiger partial charge on any atom is 0.255 e. The Morgan fingerprint density at radius 1 is 1.03 bits per heavy atom. The van der Waals surface area contributed by atoms with Gasteiger partial charge in [0.15, 0.2) is 0 Å². The van der Waals surface area contributed by atoms with E-state index in [2.05, 4.69) is 22.1 Å². The number of fused-ring (bicyclic) bond motifs is 2. The first-order valence-electron chi connectivity index (χ1n) is 12.1. The lowest BCUT2D eigenvalue weighted by Crippen LogP contribution is -2.52. The zero-order chi connectivity index (χ0) is 23.4. The molecule has 3 amide bonds. The van der Waals surface area contributed by atoms with E-state index in [0.717, 1.165) is 43.7 Å². The largest absolute Gasteiger partial charge is 0.489 e. The molecule has 0 spiro atoms. The second kappa shape index (κ2) is 8.20. The molecule has 6 rings (SSSR count). The van der Waals surface area contributed by atoms with Gasteiger partial charge in [-0.05, 0) is 73.1 Å². The van der Waals surface area contributed by atoms with Crippen LogP contribution in [0.1, 0.15) is 64.7 Å². The van der Waals surface area contributed by atoms with Gasteiger partial charge < -0.3 is 9.64 Å². The Labute approximate surface area is 198 Å². The minimum Gasteiger partial charge on any atom is -0.489 e. The molecule has 176 valence electrons. The second-order valence-corrected chi connectivity index (χ2v) is 9.87. The molecule has 34 heavy (non-hydrogen) atoms. The van der Waals surface area contributed by atoms with Gasteiger partial charge in [0.1, 0.15) is 17.9 Å². The van der Waals surface area contributed by atoms with Crippen LogP contribution in [0.4, 0.5) is 0 Å².